The highest BCUT2D eigenvalue weighted by atomic mass is 16.3. The molecular formula is C12H28N4O2. The fraction of sp³-hybridized carbons (Fsp3) is 1.00. The van der Waals surface area contributed by atoms with Crippen LogP contribution in [0, 0.1) is 0 Å². The van der Waals surface area contributed by atoms with E-state index in [9.17, 15) is 10.2 Å². The first-order chi connectivity index (χ1) is 8.61. The molecule has 6 nitrogen and oxygen atoms in total. The van der Waals surface area contributed by atoms with E-state index < -0.39 is 0 Å². The van der Waals surface area contributed by atoms with Crippen LogP contribution in [0.3, 0.4) is 0 Å². The van der Waals surface area contributed by atoms with Gasteiger partial charge >= 0.3 is 0 Å². The van der Waals surface area contributed by atoms with Crippen LogP contribution < -0.4 is 10.6 Å². The van der Waals surface area contributed by atoms with Crippen LogP contribution in [0.1, 0.15) is 13.8 Å². The first-order valence-electron chi connectivity index (χ1n) is 6.87. The molecule has 0 aromatic rings. The fourth-order valence-corrected chi connectivity index (χ4v) is 2.09. The van der Waals surface area contributed by atoms with E-state index in [1.165, 1.54) is 0 Å². The van der Waals surface area contributed by atoms with Gasteiger partial charge in [-0.25, -0.2) is 0 Å². The quantitative estimate of drug-likeness (QED) is 0.482. The third-order valence-corrected chi connectivity index (χ3v) is 3.36. The lowest BCUT2D eigenvalue weighted by molar-refractivity contribution is -0.0564. The summed E-state index contributed by atoms with van der Waals surface area (Å²) in [6.45, 7) is 11.5. The molecule has 4 N–H and O–H groups in total. The van der Waals surface area contributed by atoms with Crippen LogP contribution in [0.4, 0.5) is 0 Å². The van der Waals surface area contributed by atoms with E-state index >= 15 is 0 Å². The van der Waals surface area contributed by atoms with Crippen molar-refractivity contribution in [3.05, 3.63) is 0 Å². The SMILES string of the molecule is C1CNCCN1.CC(O)N1CCN(C(C)O)CC1. The number of aliphatic hydroxyl groups excluding tert-OH is 2. The molecule has 2 fully saturated rings. The second-order valence-electron chi connectivity index (χ2n) is 4.84. The number of hydrogen-bond donors (Lipinski definition) is 4. The smallest absolute Gasteiger partial charge is 0.104 e. The molecule has 2 heterocycles. The molecule has 2 saturated heterocycles. The molecule has 0 aliphatic carbocycles. The van der Waals surface area contributed by atoms with Gasteiger partial charge in [0.2, 0.25) is 0 Å². The molecule has 0 spiro atoms. The zero-order valence-corrected chi connectivity index (χ0v) is 11.6. The van der Waals surface area contributed by atoms with Gasteiger partial charge < -0.3 is 20.8 Å². The molecule has 0 radical (unpaired) electrons. The van der Waals surface area contributed by atoms with Crippen molar-refractivity contribution in [3.63, 3.8) is 0 Å². The highest BCUT2D eigenvalue weighted by Gasteiger charge is 2.21. The highest BCUT2D eigenvalue weighted by Crippen LogP contribution is 2.06. The zero-order chi connectivity index (χ0) is 13.4. The summed E-state index contributed by atoms with van der Waals surface area (Å²) in [7, 11) is 0. The van der Waals surface area contributed by atoms with E-state index in [1.807, 2.05) is 9.80 Å². The van der Waals surface area contributed by atoms with E-state index in [0.717, 1.165) is 52.4 Å². The molecule has 2 atom stereocenters. The van der Waals surface area contributed by atoms with Crippen LogP contribution in [0.2, 0.25) is 0 Å². The number of nitrogens with zero attached hydrogens (tertiary/aromatic N) is 2. The molecule has 18 heavy (non-hydrogen) atoms. The summed E-state index contributed by atoms with van der Waals surface area (Å²) in [5.41, 5.74) is 0. The lowest BCUT2D eigenvalue weighted by atomic mass is 10.3. The third kappa shape index (κ3) is 6.08. The van der Waals surface area contributed by atoms with Crippen molar-refractivity contribution in [1.29, 1.82) is 0 Å². The van der Waals surface area contributed by atoms with Crippen molar-refractivity contribution in [1.82, 2.24) is 20.4 Å². The van der Waals surface area contributed by atoms with Gasteiger partial charge in [-0.15, -0.1) is 0 Å². The molecule has 108 valence electrons. The Morgan fingerprint density at radius 2 is 1.00 bits per heavy atom. The minimum atomic E-state index is -0.360. The Hall–Kier alpha value is -0.240. The van der Waals surface area contributed by atoms with E-state index in [1.54, 1.807) is 13.8 Å². The molecule has 0 amide bonds. The Balaban J connectivity index is 0.000000225. The average molecular weight is 260 g/mol. The molecule has 0 bridgehead atoms. The maximum Gasteiger partial charge on any atom is 0.104 e. The minimum absolute atomic E-state index is 0.360. The van der Waals surface area contributed by atoms with Crippen molar-refractivity contribution in [3.8, 4) is 0 Å². The van der Waals surface area contributed by atoms with Crippen molar-refractivity contribution in [2.75, 3.05) is 52.4 Å². The first kappa shape index (κ1) is 15.8. The van der Waals surface area contributed by atoms with Gasteiger partial charge in [0.15, 0.2) is 0 Å². The van der Waals surface area contributed by atoms with Crippen molar-refractivity contribution in [2.45, 2.75) is 26.3 Å². The van der Waals surface area contributed by atoms with E-state index in [2.05, 4.69) is 10.6 Å². The lowest BCUT2D eigenvalue weighted by Crippen LogP contribution is -2.51. The van der Waals surface area contributed by atoms with Crippen LogP contribution in [0.5, 0.6) is 0 Å². The Labute approximate surface area is 110 Å². The van der Waals surface area contributed by atoms with Gasteiger partial charge in [0, 0.05) is 52.4 Å². The molecule has 2 aliphatic rings. The van der Waals surface area contributed by atoms with E-state index in [0.29, 0.717) is 0 Å². The fourth-order valence-electron chi connectivity index (χ4n) is 2.09. The van der Waals surface area contributed by atoms with Crippen LogP contribution in [-0.2, 0) is 0 Å². The standard InChI is InChI=1S/C8H18N2O2.C4H10N2/c1-7(11)9-3-5-10(6-4-9)8(2)12;1-2-6-4-3-5-1/h7-8,11-12H,3-6H2,1-2H3;5-6H,1-4H2. The highest BCUT2D eigenvalue weighted by molar-refractivity contribution is 4.72. The van der Waals surface area contributed by atoms with Gasteiger partial charge in [-0.3, -0.25) is 9.80 Å². The molecular weight excluding hydrogens is 232 g/mol. The van der Waals surface area contributed by atoms with Gasteiger partial charge in [0.1, 0.15) is 12.5 Å². The van der Waals surface area contributed by atoms with Gasteiger partial charge in [-0.2, -0.15) is 0 Å². The Morgan fingerprint density at radius 1 is 0.722 bits per heavy atom. The predicted octanol–water partition coefficient (Wildman–Crippen LogP) is -1.54. The number of rotatable bonds is 2. The Bertz CT molecular complexity index is 175. The molecule has 6 heteroatoms. The molecule has 2 aliphatic heterocycles. The molecule has 0 saturated carbocycles. The minimum Gasteiger partial charge on any atom is -0.379 e. The van der Waals surface area contributed by atoms with E-state index in [-0.39, 0.29) is 12.5 Å². The zero-order valence-electron chi connectivity index (χ0n) is 11.6. The normalized spacial score (nSPS) is 26.0. The molecule has 2 rings (SSSR count). The Morgan fingerprint density at radius 3 is 1.17 bits per heavy atom. The molecule has 0 aromatic heterocycles. The van der Waals surface area contributed by atoms with Crippen molar-refractivity contribution in [2.24, 2.45) is 0 Å². The maximum absolute atomic E-state index is 9.25. The summed E-state index contributed by atoms with van der Waals surface area (Å²) in [5.74, 6) is 0. The van der Waals surface area contributed by atoms with Crippen LogP contribution in [0.25, 0.3) is 0 Å². The second-order valence-corrected chi connectivity index (χ2v) is 4.84. The third-order valence-electron chi connectivity index (χ3n) is 3.36. The monoisotopic (exact) mass is 260 g/mol. The summed E-state index contributed by atoms with van der Waals surface area (Å²) in [6.07, 6.45) is -0.720. The van der Waals surface area contributed by atoms with Crippen molar-refractivity contribution < 1.29 is 10.2 Å². The van der Waals surface area contributed by atoms with Gasteiger partial charge in [-0.1, -0.05) is 0 Å². The summed E-state index contributed by atoms with van der Waals surface area (Å²) >= 11 is 0. The summed E-state index contributed by atoms with van der Waals surface area (Å²) in [4.78, 5) is 4.00. The topological polar surface area (TPSA) is 71.0 Å². The van der Waals surface area contributed by atoms with Gasteiger partial charge in [0.05, 0.1) is 0 Å². The summed E-state index contributed by atoms with van der Waals surface area (Å²) in [5, 5.41) is 24.9. The van der Waals surface area contributed by atoms with Crippen LogP contribution >= 0.6 is 0 Å². The van der Waals surface area contributed by atoms with Crippen molar-refractivity contribution >= 4 is 0 Å². The average Bonchev–Trinajstić information content (AvgIpc) is 2.41. The largest absolute Gasteiger partial charge is 0.379 e. The number of nitrogens with one attached hydrogen (secondary N) is 2. The molecule has 2 unspecified atom stereocenters. The number of hydrogen-bond acceptors (Lipinski definition) is 6. The summed E-state index contributed by atoms with van der Waals surface area (Å²) < 4.78 is 0. The van der Waals surface area contributed by atoms with Gasteiger partial charge in [0.25, 0.3) is 0 Å². The van der Waals surface area contributed by atoms with Crippen LogP contribution in [-0.4, -0.2) is 84.8 Å². The van der Waals surface area contributed by atoms with Crippen LogP contribution in [0.15, 0.2) is 0 Å². The lowest BCUT2D eigenvalue weighted by Gasteiger charge is -2.37. The summed E-state index contributed by atoms with van der Waals surface area (Å²) in [6, 6.07) is 0. The Kier molecular flexibility index (Phi) is 7.73. The first-order valence-corrected chi connectivity index (χ1v) is 6.87. The number of aliphatic hydroxyl groups is 2. The second kappa shape index (κ2) is 8.79. The predicted molar refractivity (Wildman–Crippen MR) is 72.2 cm³/mol. The number of piperazine rings is 2. The van der Waals surface area contributed by atoms with E-state index in [4.69, 9.17) is 0 Å². The maximum atomic E-state index is 9.25. The molecule has 0 aromatic carbocycles. The van der Waals surface area contributed by atoms with Gasteiger partial charge in [-0.05, 0) is 13.8 Å².